The molecular formula is C23H34O3. The molecule has 0 amide bonds. The lowest BCUT2D eigenvalue weighted by molar-refractivity contribution is -0.153. The molecule has 4 aliphatic carbocycles. The average Bonchev–Trinajstić information content (AvgIpc) is 2.80. The Bertz CT molecular complexity index is 637. The molecule has 3 heteroatoms. The van der Waals surface area contributed by atoms with Gasteiger partial charge in [0, 0.05) is 18.8 Å². The van der Waals surface area contributed by atoms with Gasteiger partial charge in [-0.3, -0.25) is 9.59 Å². The van der Waals surface area contributed by atoms with Crippen molar-refractivity contribution < 1.29 is 14.3 Å². The molecule has 0 radical (unpaired) electrons. The van der Waals surface area contributed by atoms with Gasteiger partial charge in [-0.2, -0.15) is 0 Å². The van der Waals surface area contributed by atoms with Crippen molar-refractivity contribution in [2.75, 3.05) is 0 Å². The van der Waals surface area contributed by atoms with Gasteiger partial charge in [0.05, 0.1) is 0 Å². The molecule has 0 N–H and O–H groups in total. The summed E-state index contributed by atoms with van der Waals surface area (Å²) in [6.07, 6.45) is 9.48. The Labute approximate surface area is 157 Å². The Morgan fingerprint density at radius 3 is 2.62 bits per heavy atom. The van der Waals surface area contributed by atoms with Crippen LogP contribution >= 0.6 is 0 Å². The van der Waals surface area contributed by atoms with E-state index < -0.39 is 0 Å². The Morgan fingerprint density at radius 1 is 1.12 bits per heavy atom. The number of hydrogen-bond donors (Lipinski definition) is 0. The van der Waals surface area contributed by atoms with Gasteiger partial charge in [-0.05, 0) is 80.5 Å². The monoisotopic (exact) mass is 358 g/mol. The van der Waals surface area contributed by atoms with Gasteiger partial charge in [0.25, 0.3) is 0 Å². The van der Waals surface area contributed by atoms with E-state index in [4.69, 9.17) is 4.74 Å². The lowest BCUT2D eigenvalue weighted by Crippen LogP contribution is -2.50. The van der Waals surface area contributed by atoms with E-state index >= 15 is 0 Å². The van der Waals surface area contributed by atoms with Crippen LogP contribution in [0.1, 0.15) is 78.6 Å². The Morgan fingerprint density at radius 2 is 1.88 bits per heavy atom. The first-order valence-corrected chi connectivity index (χ1v) is 10.6. The van der Waals surface area contributed by atoms with Crippen LogP contribution in [0.15, 0.2) is 12.2 Å². The first-order chi connectivity index (χ1) is 12.2. The summed E-state index contributed by atoms with van der Waals surface area (Å²) in [5.41, 5.74) is 1.58. The molecule has 4 rings (SSSR count). The Balaban J connectivity index is 1.63. The minimum absolute atomic E-state index is 0.0768. The van der Waals surface area contributed by atoms with Gasteiger partial charge in [0.15, 0.2) is 0 Å². The van der Waals surface area contributed by atoms with Crippen molar-refractivity contribution in [2.24, 2.45) is 34.5 Å². The normalized spacial score (nSPS) is 48.2. The van der Waals surface area contributed by atoms with Crippen LogP contribution in [-0.4, -0.2) is 17.9 Å². The summed E-state index contributed by atoms with van der Waals surface area (Å²) in [6, 6.07) is 0. The summed E-state index contributed by atoms with van der Waals surface area (Å²) < 4.78 is 5.58. The predicted molar refractivity (Wildman–Crippen MR) is 101 cm³/mol. The number of Topliss-reactive ketones (excluding diaryl/α,β-unsaturated/α-hetero) is 1. The number of allylic oxidation sites excluding steroid dienone is 1. The molecule has 4 fully saturated rings. The van der Waals surface area contributed by atoms with Crippen LogP contribution in [0, 0.1) is 34.5 Å². The molecule has 0 aromatic rings. The Kier molecular flexibility index (Phi) is 4.36. The zero-order valence-corrected chi connectivity index (χ0v) is 16.7. The van der Waals surface area contributed by atoms with Crippen LogP contribution in [0.4, 0.5) is 0 Å². The molecule has 0 unspecified atom stereocenters. The summed E-state index contributed by atoms with van der Waals surface area (Å²) in [6.45, 7) is 10.7. The fourth-order valence-electron chi connectivity index (χ4n) is 7.45. The standard InChI is InChI=1S/C23H34O3/c1-14-11-16-13-17(26-15(2)24)7-9-22(16,3)20-8-10-23(4)19(18(20)12-14)5-6-21(23)25/h16-20H,1,5-13H2,2-4H3/t16-,17-,18+,19-,20-,22-,23-/m0/s1. The second kappa shape index (κ2) is 6.21. The molecule has 3 nitrogen and oxygen atoms in total. The number of esters is 1. The maximum atomic E-state index is 12.6. The fourth-order valence-corrected chi connectivity index (χ4v) is 7.45. The molecule has 144 valence electrons. The molecule has 0 spiro atoms. The molecule has 0 aromatic heterocycles. The van der Waals surface area contributed by atoms with Gasteiger partial charge in [0.1, 0.15) is 11.9 Å². The van der Waals surface area contributed by atoms with Gasteiger partial charge >= 0.3 is 5.97 Å². The summed E-state index contributed by atoms with van der Waals surface area (Å²) in [5.74, 6) is 2.77. The number of fused-ring (bicyclic) bond motifs is 5. The maximum absolute atomic E-state index is 12.6. The first-order valence-electron chi connectivity index (χ1n) is 10.6. The SMILES string of the molecule is C=C1C[C@H]2[C@H](CC[C@]3(C)C(=O)CC[C@@H]23)[C@@]2(C)CC[C@H](OC(C)=O)C[C@@H]2C1. The van der Waals surface area contributed by atoms with Crippen LogP contribution in [0.2, 0.25) is 0 Å². The predicted octanol–water partition coefficient (Wildman–Crippen LogP) is 5.09. The zero-order chi connectivity index (χ0) is 18.7. The summed E-state index contributed by atoms with van der Waals surface area (Å²) in [5, 5.41) is 0. The lowest BCUT2D eigenvalue weighted by atomic mass is 9.50. The molecule has 0 aliphatic heterocycles. The second-order valence-electron chi connectivity index (χ2n) is 10.2. The Hall–Kier alpha value is -1.12. The molecule has 0 saturated heterocycles. The number of carbonyl (C=O) groups excluding carboxylic acids is 2. The molecule has 26 heavy (non-hydrogen) atoms. The van der Waals surface area contributed by atoms with Crippen molar-refractivity contribution >= 4 is 11.8 Å². The van der Waals surface area contributed by atoms with Gasteiger partial charge in [-0.15, -0.1) is 0 Å². The largest absolute Gasteiger partial charge is 0.463 e. The highest BCUT2D eigenvalue weighted by Gasteiger charge is 2.59. The highest BCUT2D eigenvalue weighted by molar-refractivity contribution is 5.87. The van der Waals surface area contributed by atoms with Crippen molar-refractivity contribution in [1.82, 2.24) is 0 Å². The van der Waals surface area contributed by atoms with E-state index in [0.717, 1.165) is 51.4 Å². The molecule has 7 atom stereocenters. The van der Waals surface area contributed by atoms with Crippen molar-refractivity contribution in [3.63, 3.8) is 0 Å². The number of ketones is 1. The van der Waals surface area contributed by atoms with E-state index in [0.29, 0.717) is 34.9 Å². The molecular weight excluding hydrogens is 324 g/mol. The van der Waals surface area contributed by atoms with Gasteiger partial charge in [0.2, 0.25) is 0 Å². The number of ether oxygens (including phenoxy) is 1. The quantitative estimate of drug-likeness (QED) is 0.484. The highest BCUT2D eigenvalue weighted by Crippen LogP contribution is 2.64. The van der Waals surface area contributed by atoms with Crippen molar-refractivity contribution in [2.45, 2.75) is 84.7 Å². The second-order valence-corrected chi connectivity index (χ2v) is 10.2. The smallest absolute Gasteiger partial charge is 0.302 e. The van der Waals surface area contributed by atoms with Crippen LogP contribution in [-0.2, 0) is 14.3 Å². The number of rotatable bonds is 1. The van der Waals surface area contributed by atoms with E-state index in [2.05, 4.69) is 20.4 Å². The zero-order valence-electron chi connectivity index (χ0n) is 16.7. The molecule has 0 aromatic carbocycles. The van der Waals surface area contributed by atoms with Crippen LogP contribution in [0.3, 0.4) is 0 Å². The summed E-state index contributed by atoms with van der Waals surface area (Å²) >= 11 is 0. The van der Waals surface area contributed by atoms with E-state index in [-0.39, 0.29) is 17.5 Å². The van der Waals surface area contributed by atoms with Crippen LogP contribution < -0.4 is 0 Å². The number of carbonyl (C=O) groups is 2. The van der Waals surface area contributed by atoms with E-state index in [1.165, 1.54) is 18.9 Å². The minimum Gasteiger partial charge on any atom is -0.463 e. The van der Waals surface area contributed by atoms with Crippen LogP contribution in [0.5, 0.6) is 0 Å². The van der Waals surface area contributed by atoms with Crippen LogP contribution in [0.25, 0.3) is 0 Å². The van der Waals surface area contributed by atoms with E-state index in [1.54, 1.807) is 0 Å². The molecule has 4 aliphatic rings. The minimum atomic E-state index is -0.151. The molecule has 0 heterocycles. The maximum Gasteiger partial charge on any atom is 0.302 e. The van der Waals surface area contributed by atoms with E-state index in [1.807, 2.05) is 0 Å². The summed E-state index contributed by atoms with van der Waals surface area (Å²) in [4.78, 5) is 24.0. The third kappa shape index (κ3) is 2.68. The topological polar surface area (TPSA) is 43.4 Å². The first kappa shape index (κ1) is 18.3. The molecule has 4 saturated carbocycles. The van der Waals surface area contributed by atoms with Gasteiger partial charge in [-0.1, -0.05) is 26.0 Å². The van der Waals surface area contributed by atoms with Crippen molar-refractivity contribution in [1.29, 1.82) is 0 Å². The fraction of sp³-hybridized carbons (Fsp3) is 0.826. The van der Waals surface area contributed by atoms with Crippen molar-refractivity contribution in [3.05, 3.63) is 12.2 Å². The summed E-state index contributed by atoms with van der Waals surface area (Å²) in [7, 11) is 0. The third-order valence-corrected chi connectivity index (χ3v) is 8.87. The third-order valence-electron chi connectivity index (χ3n) is 8.87. The van der Waals surface area contributed by atoms with Crippen molar-refractivity contribution in [3.8, 4) is 0 Å². The van der Waals surface area contributed by atoms with Gasteiger partial charge < -0.3 is 4.74 Å². The highest BCUT2D eigenvalue weighted by atomic mass is 16.5. The van der Waals surface area contributed by atoms with Gasteiger partial charge in [-0.25, -0.2) is 0 Å². The number of hydrogen-bond acceptors (Lipinski definition) is 3. The lowest BCUT2D eigenvalue weighted by Gasteiger charge is -2.55. The average molecular weight is 359 g/mol. The molecule has 0 bridgehead atoms. The van der Waals surface area contributed by atoms with E-state index in [9.17, 15) is 9.59 Å².